The maximum Gasteiger partial charge on any atom is 0.213 e. The summed E-state index contributed by atoms with van der Waals surface area (Å²) in [4.78, 5) is 0. The molecule has 12 aromatic rings. The van der Waals surface area contributed by atoms with E-state index in [1.54, 1.807) is 0 Å². The molecule has 54 heavy (non-hydrogen) atoms. The molecular weight excluding hydrogens is 661 g/mol. The van der Waals surface area contributed by atoms with Crippen molar-refractivity contribution < 1.29 is 8.83 Å². The lowest BCUT2D eigenvalue weighted by Gasteiger charge is -2.11. The van der Waals surface area contributed by atoms with Crippen molar-refractivity contribution in [1.82, 2.24) is 9.13 Å². The van der Waals surface area contributed by atoms with Gasteiger partial charge in [0.25, 0.3) is 0 Å². The molecule has 4 heteroatoms. The van der Waals surface area contributed by atoms with Gasteiger partial charge in [-0.25, -0.2) is 0 Å². The van der Waals surface area contributed by atoms with Crippen LogP contribution in [0.4, 0.5) is 0 Å². The van der Waals surface area contributed by atoms with Gasteiger partial charge in [0.1, 0.15) is 16.7 Å². The van der Waals surface area contributed by atoms with Crippen LogP contribution in [0.25, 0.3) is 110 Å². The number of furan rings is 2. The first kappa shape index (κ1) is 29.3. The minimum Gasteiger partial charge on any atom is -0.456 e. The van der Waals surface area contributed by atoms with Crippen LogP contribution in [-0.2, 0) is 0 Å². The predicted molar refractivity (Wildman–Crippen MR) is 223 cm³/mol. The first-order chi connectivity index (χ1) is 26.8. The molecule has 0 atom stereocenters. The Bertz CT molecular complexity index is 3450. The Morgan fingerprint density at radius 3 is 1.67 bits per heavy atom. The summed E-state index contributed by atoms with van der Waals surface area (Å²) in [6, 6.07) is 64.9. The van der Waals surface area contributed by atoms with Crippen LogP contribution < -0.4 is 0 Å². The molecule has 4 heterocycles. The summed E-state index contributed by atoms with van der Waals surface area (Å²) in [5, 5.41) is 8.17. The van der Waals surface area contributed by atoms with Crippen LogP contribution >= 0.6 is 0 Å². The van der Waals surface area contributed by atoms with Gasteiger partial charge in [-0.15, -0.1) is 0 Å². The van der Waals surface area contributed by atoms with E-state index in [1.165, 1.54) is 38.3 Å². The molecule has 0 aliphatic rings. The smallest absolute Gasteiger partial charge is 0.213 e. The zero-order valence-corrected chi connectivity index (χ0v) is 29.0. The molecule has 0 N–H and O–H groups in total. The average molecular weight is 691 g/mol. The van der Waals surface area contributed by atoms with Crippen LogP contribution in [0.3, 0.4) is 0 Å². The molecule has 252 valence electrons. The minimum absolute atomic E-state index is 0.867. The van der Waals surface area contributed by atoms with E-state index >= 15 is 0 Å². The Morgan fingerprint density at radius 2 is 0.852 bits per heavy atom. The van der Waals surface area contributed by atoms with E-state index in [2.05, 4.69) is 173 Å². The molecule has 0 spiro atoms. The number of benzene rings is 8. The molecule has 0 aliphatic heterocycles. The summed E-state index contributed by atoms with van der Waals surface area (Å²) >= 11 is 0. The van der Waals surface area contributed by atoms with Crippen LogP contribution in [0.15, 0.2) is 191 Å². The van der Waals surface area contributed by atoms with Crippen LogP contribution in [0, 0.1) is 0 Å². The quantitative estimate of drug-likeness (QED) is 0.184. The lowest BCUT2D eigenvalue weighted by molar-refractivity contribution is 0.645. The van der Waals surface area contributed by atoms with Gasteiger partial charge in [-0.2, -0.15) is 0 Å². The molecule has 0 radical (unpaired) electrons. The summed E-state index contributed by atoms with van der Waals surface area (Å²) in [6.07, 6.45) is 0. The second kappa shape index (κ2) is 11.1. The lowest BCUT2D eigenvalue weighted by atomic mass is 10.0. The Kier molecular flexibility index (Phi) is 6.02. The number of hydrogen-bond donors (Lipinski definition) is 0. The third-order valence-electron chi connectivity index (χ3n) is 11.1. The van der Waals surface area contributed by atoms with Gasteiger partial charge in [-0.1, -0.05) is 103 Å². The zero-order valence-electron chi connectivity index (χ0n) is 29.0. The maximum atomic E-state index is 6.62. The topological polar surface area (TPSA) is 36.1 Å². The molecule has 4 nitrogen and oxygen atoms in total. The fourth-order valence-electron chi connectivity index (χ4n) is 8.67. The van der Waals surface area contributed by atoms with Crippen LogP contribution in [0.1, 0.15) is 0 Å². The highest BCUT2D eigenvalue weighted by Crippen LogP contribution is 2.42. The van der Waals surface area contributed by atoms with E-state index < -0.39 is 0 Å². The molecule has 0 saturated heterocycles. The molecular formula is C50H30N2O2. The van der Waals surface area contributed by atoms with Crippen molar-refractivity contribution in [2.24, 2.45) is 0 Å². The summed E-state index contributed by atoms with van der Waals surface area (Å²) in [7, 11) is 0. The number of hydrogen-bond acceptors (Lipinski definition) is 2. The van der Waals surface area contributed by atoms with Crippen molar-refractivity contribution in [3.63, 3.8) is 0 Å². The van der Waals surface area contributed by atoms with Gasteiger partial charge in [-0.05, 0) is 101 Å². The van der Waals surface area contributed by atoms with Gasteiger partial charge >= 0.3 is 0 Å². The van der Waals surface area contributed by atoms with Gasteiger partial charge in [0, 0.05) is 43.7 Å². The van der Waals surface area contributed by atoms with Crippen molar-refractivity contribution in [2.45, 2.75) is 0 Å². The first-order valence-corrected chi connectivity index (χ1v) is 18.3. The van der Waals surface area contributed by atoms with Gasteiger partial charge < -0.3 is 13.4 Å². The van der Waals surface area contributed by atoms with Crippen LogP contribution in [0.2, 0.25) is 0 Å². The second-order valence-corrected chi connectivity index (χ2v) is 14.1. The Hall–Kier alpha value is -7.30. The fourth-order valence-corrected chi connectivity index (χ4v) is 8.67. The van der Waals surface area contributed by atoms with E-state index in [0.717, 1.165) is 72.0 Å². The summed E-state index contributed by atoms with van der Waals surface area (Å²) in [5.74, 6) is 0. The van der Waals surface area contributed by atoms with E-state index in [0.29, 0.717) is 0 Å². The predicted octanol–water partition coefficient (Wildman–Crippen LogP) is 13.9. The standard InChI is InChI=1S/C50H30N2O2/c1-2-12-35(13-3-1)52-44-19-8-5-17-39(44)49-42-30-34(23-26-48(42)54-50(49)52)31-11-10-14-36(27-31)51-43-18-7-4-15-37(43)40-28-32(21-24-45(40)51)33-22-25-47-41(29-33)38-16-6-9-20-46(38)53-47/h1-30H. The van der Waals surface area contributed by atoms with Gasteiger partial charge in [0.2, 0.25) is 5.71 Å². The van der Waals surface area contributed by atoms with Crippen LogP contribution in [0.5, 0.6) is 0 Å². The minimum atomic E-state index is 0.867. The van der Waals surface area contributed by atoms with Crippen molar-refractivity contribution in [2.75, 3.05) is 0 Å². The second-order valence-electron chi connectivity index (χ2n) is 14.1. The van der Waals surface area contributed by atoms with Crippen molar-refractivity contribution >= 4 is 76.7 Å². The highest BCUT2D eigenvalue weighted by Gasteiger charge is 2.20. The molecule has 0 saturated carbocycles. The Morgan fingerprint density at radius 1 is 0.296 bits per heavy atom. The lowest BCUT2D eigenvalue weighted by Crippen LogP contribution is -1.94. The highest BCUT2D eigenvalue weighted by molar-refractivity contribution is 6.20. The molecule has 0 aliphatic carbocycles. The molecule has 0 amide bonds. The molecule has 0 bridgehead atoms. The number of para-hydroxylation sites is 4. The van der Waals surface area contributed by atoms with E-state index in [4.69, 9.17) is 8.83 Å². The van der Waals surface area contributed by atoms with E-state index in [1.807, 2.05) is 18.2 Å². The van der Waals surface area contributed by atoms with Crippen molar-refractivity contribution in [1.29, 1.82) is 0 Å². The summed E-state index contributed by atoms with van der Waals surface area (Å²) < 4.78 is 17.4. The third kappa shape index (κ3) is 4.19. The largest absolute Gasteiger partial charge is 0.456 e. The Balaban J connectivity index is 1.00. The van der Waals surface area contributed by atoms with Gasteiger partial charge in [0.15, 0.2) is 0 Å². The first-order valence-electron chi connectivity index (χ1n) is 18.3. The van der Waals surface area contributed by atoms with E-state index in [-0.39, 0.29) is 0 Å². The molecule has 0 fully saturated rings. The zero-order chi connectivity index (χ0) is 35.3. The van der Waals surface area contributed by atoms with Crippen molar-refractivity contribution in [3.8, 4) is 33.6 Å². The third-order valence-corrected chi connectivity index (χ3v) is 11.1. The van der Waals surface area contributed by atoms with Gasteiger partial charge in [0.05, 0.1) is 21.9 Å². The molecule has 12 rings (SSSR count). The van der Waals surface area contributed by atoms with Crippen molar-refractivity contribution in [3.05, 3.63) is 182 Å². The highest BCUT2D eigenvalue weighted by atomic mass is 16.3. The van der Waals surface area contributed by atoms with E-state index in [9.17, 15) is 0 Å². The number of nitrogens with zero attached hydrogens (tertiary/aromatic N) is 2. The molecule has 8 aromatic carbocycles. The normalized spacial score (nSPS) is 12.1. The number of rotatable bonds is 4. The number of aromatic nitrogens is 2. The summed E-state index contributed by atoms with van der Waals surface area (Å²) in [5.41, 5.74) is 13.9. The maximum absolute atomic E-state index is 6.62. The fraction of sp³-hybridized carbons (Fsp3) is 0. The SMILES string of the molecule is c1ccc(-n2c3ccccc3c3c4cc(-c5cccc(-n6c7ccccc7c7cc(-c8ccc9oc%10ccccc%10c9c8)ccc76)c5)ccc4oc32)cc1. The number of fused-ring (bicyclic) bond motifs is 11. The summed E-state index contributed by atoms with van der Waals surface area (Å²) in [6.45, 7) is 0. The van der Waals surface area contributed by atoms with Crippen LogP contribution in [-0.4, -0.2) is 9.13 Å². The molecule has 0 unspecified atom stereocenters. The monoisotopic (exact) mass is 690 g/mol. The van der Waals surface area contributed by atoms with Gasteiger partial charge in [-0.3, -0.25) is 4.57 Å². The average Bonchev–Trinajstić information content (AvgIpc) is 3.97. The Labute approximate surface area is 309 Å². The molecule has 4 aromatic heterocycles.